The molecular formula is C17H18O3. The number of carbonyl (C=O) groups is 1. The molecule has 0 spiro atoms. The van der Waals surface area contributed by atoms with Crippen LogP contribution in [-0.2, 0) is 9.53 Å². The summed E-state index contributed by atoms with van der Waals surface area (Å²) in [4.78, 5) is 11.6. The highest BCUT2D eigenvalue weighted by molar-refractivity contribution is 5.85. The van der Waals surface area contributed by atoms with E-state index < -0.39 is 0 Å². The molecule has 20 heavy (non-hydrogen) atoms. The van der Waals surface area contributed by atoms with Crippen molar-refractivity contribution in [1.82, 2.24) is 0 Å². The van der Waals surface area contributed by atoms with Crippen LogP contribution in [0.25, 0.3) is 10.8 Å². The predicted octanol–water partition coefficient (Wildman–Crippen LogP) is 3.60. The van der Waals surface area contributed by atoms with E-state index in [1.54, 1.807) is 0 Å². The van der Waals surface area contributed by atoms with Crippen molar-refractivity contribution in [2.24, 2.45) is 5.92 Å². The molecule has 0 radical (unpaired) electrons. The quantitative estimate of drug-likeness (QED) is 0.867. The molecule has 1 fully saturated rings. The fourth-order valence-corrected chi connectivity index (χ4v) is 2.90. The maximum atomic E-state index is 11.6. The maximum Gasteiger partial charge on any atom is 0.308 e. The lowest BCUT2D eigenvalue weighted by Gasteiger charge is -2.34. The Bertz CT molecular complexity index is 642. The van der Waals surface area contributed by atoms with Gasteiger partial charge in [0.05, 0.1) is 12.5 Å². The number of rotatable bonds is 3. The number of benzene rings is 2. The molecule has 104 valence electrons. The number of fused-ring (bicyclic) bond motifs is 1. The van der Waals surface area contributed by atoms with Crippen LogP contribution in [0, 0.1) is 5.92 Å². The zero-order chi connectivity index (χ0) is 14.1. The Balaban J connectivity index is 1.79. The van der Waals surface area contributed by atoms with Crippen LogP contribution in [0.1, 0.15) is 31.2 Å². The number of phenols is 1. The molecular weight excluding hydrogens is 252 g/mol. The zero-order valence-corrected chi connectivity index (χ0v) is 11.5. The summed E-state index contributed by atoms with van der Waals surface area (Å²) in [5.74, 6) is 0.472. The molecule has 1 saturated carbocycles. The van der Waals surface area contributed by atoms with Crippen molar-refractivity contribution in [1.29, 1.82) is 0 Å². The largest absolute Gasteiger partial charge is 0.508 e. The van der Waals surface area contributed by atoms with Gasteiger partial charge in [-0.25, -0.2) is 0 Å². The van der Waals surface area contributed by atoms with E-state index in [2.05, 4.69) is 0 Å². The van der Waals surface area contributed by atoms with Crippen LogP contribution >= 0.6 is 0 Å². The van der Waals surface area contributed by atoms with Gasteiger partial charge >= 0.3 is 5.97 Å². The number of carbonyl (C=O) groups excluding carboxylic acids is 1. The van der Waals surface area contributed by atoms with Crippen molar-refractivity contribution in [3.63, 3.8) is 0 Å². The minimum Gasteiger partial charge on any atom is -0.508 e. The molecule has 0 bridgehead atoms. The van der Waals surface area contributed by atoms with Crippen molar-refractivity contribution in [2.75, 3.05) is 6.61 Å². The minimum absolute atomic E-state index is 0.00850. The molecule has 1 aliphatic carbocycles. The molecule has 3 rings (SSSR count). The van der Waals surface area contributed by atoms with Crippen LogP contribution < -0.4 is 0 Å². The number of hydrogen-bond acceptors (Lipinski definition) is 3. The van der Waals surface area contributed by atoms with Gasteiger partial charge in [-0.1, -0.05) is 24.3 Å². The second-order valence-corrected chi connectivity index (χ2v) is 5.38. The Morgan fingerprint density at radius 2 is 1.90 bits per heavy atom. The average molecular weight is 270 g/mol. The summed E-state index contributed by atoms with van der Waals surface area (Å²) >= 11 is 0. The van der Waals surface area contributed by atoms with Crippen LogP contribution in [0.3, 0.4) is 0 Å². The number of phenolic OH excluding ortho intramolecular Hbond substituents is 1. The highest BCUT2D eigenvalue weighted by atomic mass is 16.5. The highest BCUT2D eigenvalue weighted by Crippen LogP contribution is 2.46. The molecule has 0 aliphatic heterocycles. The van der Waals surface area contributed by atoms with Crippen LogP contribution in [0.15, 0.2) is 36.4 Å². The van der Waals surface area contributed by atoms with Crippen molar-refractivity contribution in [3.8, 4) is 5.75 Å². The summed E-state index contributed by atoms with van der Waals surface area (Å²) in [6.45, 7) is 2.25. The Morgan fingerprint density at radius 1 is 1.25 bits per heavy atom. The molecule has 3 nitrogen and oxygen atoms in total. The average Bonchev–Trinajstić information content (AvgIpc) is 2.38. The van der Waals surface area contributed by atoms with Crippen LogP contribution in [0.4, 0.5) is 0 Å². The number of esters is 1. The molecule has 0 saturated heterocycles. The summed E-state index contributed by atoms with van der Waals surface area (Å²) in [6.07, 6.45) is 1.54. The Labute approximate surface area is 118 Å². The molecule has 3 heteroatoms. The molecule has 0 aromatic heterocycles. The Kier molecular flexibility index (Phi) is 3.35. The summed E-state index contributed by atoms with van der Waals surface area (Å²) in [5, 5.41) is 12.3. The molecule has 0 atom stereocenters. The SMILES string of the molecule is CCOC(=O)C1CC(c2cc3ccccc3cc2O)C1. The first kappa shape index (κ1) is 13.0. The molecule has 0 heterocycles. The van der Waals surface area contributed by atoms with Gasteiger partial charge in [-0.2, -0.15) is 0 Å². The minimum atomic E-state index is -0.107. The second-order valence-electron chi connectivity index (χ2n) is 5.38. The van der Waals surface area contributed by atoms with E-state index >= 15 is 0 Å². The first-order valence-corrected chi connectivity index (χ1v) is 7.07. The van der Waals surface area contributed by atoms with Crippen molar-refractivity contribution in [2.45, 2.75) is 25.7 Å². The normalized spacial score (nSPS) is 21.4. The van der Waals surface area contributed by atoms with Crippen molar-refractivity contribution >= 4 is 16.7 Å². The van der Waals surface area contributed by atoms with E-state index in [4.69, 9.17) is 4.74 Å². The molecule has 2 aromatic carbocycles. The van der Waals surface area contributed by atoms with Gasteiger partial charge in [0.15, 0.2) is 0 Å². The first-order chi connectivity index (χ1) is 9.69. The van der Waals surface area contributed by atoms with Crippen LogP contribution in [0.5, 0.6) is 5.75 Å². The zero-order valence-electron chi connectivity index (χ0n) is 11.5. The topological polar surface area (TPSA) is 46.5 Å². The van der Waals surface area contributed by atoms with E-state index in [9.17, 15) is 9.90 Å². The molecule has 1 aliphatic rings. The van der Waals surface area contributed by atoms with E-state index in [-0.39, 0.29) is 17.8 Å². The van der Waals surface area contributed by atoms with Gasteiger partial charge < -0.3 is 9.84 Å². The molecule has 2 aromatic rings. The summed E-state index contributed by atoms with van der Waals surface area (Å²) in [7, 11) is 0. The smallest absolute Gasteiger partial charge is 0.308 e. The lowest BCUT2D eigenvalue weighted by Crippen LogP contribution is -2.30. The highest BCUT2D eigenvalue weighted by Gasteiger charge is 2.37. The lowest BCUT2D eigenvalue weighted by molar-refractivity contribution is -0.151. The van der Waals surface area contributed by atoms with Crippen molar-refractivity contribution in [3.05, 3.63) is 42.0 Å². The van der Waals surface area contributed by atoms with Gasteiger partial charge in [-0.15, -0.1) is 0 Å². The summed E-state index contributed by atoms with van der Waals surface area (Å²) in [5.41, 5.74) is 0.948. The van der Waals surface area contributed by atoms with Gasteiger partial charge in [0.1, 0.15) is 5.75 Å². The Hall–Kier alpha value is -2.03. The van der Waals surface area contributed by atoms with Gasteiger partial charge in [-0.05, 0) is 54.2 Å². The molecule has 0 unspecified atom stereocenters. The monoisotopic (exact) mass is 270 g/mol. The van der Waals surface area contributed by atoms with Crippen LogP contribution in [0.2, 0.25) is 0 Å². The number of ether oxygens (including phenoxy) is 1. The fourth-order valence-electron chi connectivity index (χ4n) is 2.90. The summed E-state index contributed by atoms with van der Waals surface area (Å²) in [6, 6.07) is 11.8. The maximum absolute atomic E-state index is 11.6. The van der Waals surface area contributed by atoms with E-state index in [1.807, 2.05) is 43.3 Å². The van der Waals surface area contributed by atoms with Crippen LogP contribution in [-0.4, -0.2) is 17.7 Å². The lowest BCUT2D eigenvalue weighted by atomic mass is 9.71. The van der Waals surface area contributed by atoms with Gasteiger partial charge in [0.2, 0.25) is 0 Å². The van der Waals surface area contributed by atoms with E-state index in [1.165, 1.54) is 0 Å². The van der Waals surface area contributed by atoms with E-state index in [0.717, 1.165) is 29.2 Å². The number of hydrogen-bond donors (Lipinski definition) is 1. The summed E-state index contributed by atoms with van der Waals surface area (Å²) < 4.78 is 5.03. The van der Waals surface area contributed by atoms with Gasteiger partial charge in [0, 0.05) is 0 Å². The second kappa shape index (κ2) is 5.16. The standard InChI is InChI=1S/C17H18O3/c1-2-20-17(19)14-7-13(8-14)15-9-11-5-3-4-6-12(11)10-16(15)18/h3-6,9-10,13-14,18H,2,7-8H2,1H3. The van der Waals surface area contributed by atoms with Gasteiger partial charge in [-0.3, -0.25) is 4.79 Å². The third kappa shape index (κ3) is 2.24. The third-order valence-corrected chi connectivity index (χ3v) is 4.09. The van der Waals surface area contributed by atoms with Crippen molar-refractivity contribution < 1.29 is 14.6 Å². The third-order valence-electron chi connectivity index (χ3n) is 4.09. The molecule has 0 amide bonds. The van der Waals surface area contributed by atoms with E-state index in [0.29, 0.717) is 12.4 Å². The Morgan fingerprint density at radius 3 is 2.55 bits per heavy atom. The molecule has 1 N–H and O–H groups in total. The van der Waals surface area contributed by atoms with Gasteiger partial charge in [0.25, 0.3) is 0 Å². The fraction of sp³-hybridized carbons (Fsp3) is 0.353. The number of aromatic hydroxyl groups is 1. The first-order valence-electron chi connectivity index (χ1n) is 7.07. The predicted molar refractivity (Wildman–Crippen MR) is 77.7 cm³/mol.